The standard InChI is InChI=1S/C23H26N4O3/c1-13-11-24-23(30-5)15(3)20(13)16-6-7-17-19(10-16)26-22(28)18-12-25-27(21(17)18)14(2)8-9-29-4/h6-7,10-12,14H,8-9H2,1-5H3,(H,26,28)/t14-/m1/s1. The quantitative estimate of drug-likeness (QED) is 0.520. The summed E-state index contributed by atoms with van der Waals surface area (Å²) in [5, 5.41) is 6.07. The van der Waals surface area contributed by atoms with Crippen molar-refractivity contribution in [2.45, 2.75) is 33.2 Å². The smallest absolute Gasteiger partial charge is 0.259 e. The second-order valence-corrected chi connectivity index (χ2v) is 7.65. The first-order valence-electron chi connectivity index (χ1n) is 9.99. The van der Waals surface area contributed by atoms with Crippen molar-refractivity contribution in [2.24, 2.45) is 0 Å². The Morgan fingerprint density at radius 3 is 2.70 bits per heavy atom. The highest BCUT2D eigenvalue weighted by Crippen LogP contribution is 2.34. The SMILES string of the molecule is COCC[C@@H](C)n1ncc2c(=O)[nH]c3cc(-c4c(C)cnc(OC)c4C)ccc3c21. The van der Waals surface area contributed by atoms with E-state index in [0.29, 0.717) is 17.9 Å². The van der Waals surface area contributed by atoms with Crippen LogP contribution in [0.1, 0.15) is 30.5 Å². The molecule has 4 rings (SSSR count). The number of nitrogens with one attached hydrogen (secondary N) is 1. The number of aromatic amines is 1. The molecule has 30 heavy (non-hydrogen) atoms. The molecule has 0 radical (unpaired) electrons. The van der Waals surface area contributed by atoms with Gasteiger partial charge in [0.2, 0.25) is 5.88 Å². The predicted molar refractivity (Wildman–Crippen MR) is 118 cm³/mol. The van der Waals surface area contributed by atoms with E-state index in [1.165, 1.54) is 0 Å². The Morgan fingerprint density at radius 2 is 1.97 bits per heavy atom. The van der Waals surface area contributed by atoms with E-state index in [0.717, 1.165) is 45.1 Å². The molecule has 1 atom stereocenters. The number of ether oxygens (including phenoxy) is 2. The summed E-state index contributed by atoms with van der Waals surface area (Å²) in [4.78, 5) is 20.1. The van der Waals surface area contributed by atoms with Crippen LogP contribution in [0.25, 0.3) is 32.9 Å². The fourth-order valence-corrected chi connectivity index (χ4v) is 4.11. The molecular weight excluding hydrogens is 380 g/mol. The van der Waals surface area contributed by atoms with Crippen molar-refractivity contribution in [3.05, 3.63) is 52.1 Å². The summed E-state index contributed by atoms with van der Waals surface area (Å²) in [6, 6.07) is 6.26. The zero-order valence-electron chi connectivity index (χ0n) is 17.9. The number of H-pyrrole nitrogens is 1. The van der Waals surface area contributed by atoms with Crippen LogP contribution in [-0.4, -0.2) is 40.6 Å². The minimum Gasteiger partial charge on any atom is -0.481 e. The third-order valence-electron chi connectivity index (χ3n) is 5.67. The largest absolute Gasteiger partial charge is 0.481 e. The monoisotopic (exact) mass is 406 g/mol. The number of aryl methyl sites for hydroxylation is 1. The number of fused-ring (bicyclic) bond motifs is 3. The lowest BCUT2D eigenvalue weighted by Crippen LogP contribution is -2.11. The van der Waals surface area contributed by atoms with E-state index in [-0.39, 0.29) is 11.6 Å². The number of pyridine rings is 2. The van der Waals surface area contributed by atoms with Crippen LogP contribution in [-0.2, 0) is 4.74 Å². The molecule has 4 aromatic rings. The van der Waals surface area contributed by atoms with Gasteiger partial charge in [0.05, 0.1) is 35.8 Å². The van der Waals surface area contributed by atoms with E-state index < -0.39 is 0 Å². The molecular formula is C23H26N4O3. The summed E-state index contributed by atoms with van der Waals surface area (Å²) >= 11 is 0. The van der Waals surface area contributed by atoms with Gasteiger partial charge >= 0.3 is 0 Å². The molecule has 7 heteroatoms. The molecule has 0 fully saturated rings. The van der Waals surface area contributed by atoms with Gasteiger partial charge in [-0.1, -0.05) is 12.1 Å². The number of hydrogen-bond acceptors (Lipinski definition) is 5. The van der Waals surface area contributed by atoms with E-state index in [4.69, 9.17) is 9.47 Å². The third kappa shape index (κ3) is 3.25. The minimum atomic E-state index is -0.138. The second-order valence-electron chi connectivity index (χ2n) is 7.65. The van der Waals surface area contributed by atoms with Gasteiger partial charge in [-0.05, 0) is 49.9 Å². The molecule has 0 aliphatic carbocycles. The second kappa shape index (κ2) is 7.91. The number of methoxy groups -OCH3 is 2. The first kappa shape index (κ1) is 20.1. The Bertz CT molecular complexity index is 1290. The molecule has 0 aliphatic rings. The fourth-order valence-electron chi connectivity index (χ4n) is 4.11. The van der Waals surface area contributed by atoms with Gasteiger partial charge in [0.25, 0.3) is 5.56 Å². The van der Waals surface area contributed by atoms with Gasteiger partial charge in [-0.2, -0.15) is 5.10 Å². The molecule has 3 aromatic heterocycles. The summed E-state index contributed by atoms with van der Waals surface area (Å²) < 4.78 is 12.5. The van der Waals surface area contributed by atoms with Gasteiger partial charge in [0, 0.05) is 30.9 Å². The lowest BCUT2D eigenvalue weighted by molar-refractivity contribution is 0.179. The lowest BCUT2D eigenvalue weighted by Gasteiger charge is -2.15. The van der Waals surface area contributed by atoms with Crippen molar-refractivity contribution >= 4 is 21.8 Å². The van der Waals surface area contributed by atoms with E-state index in [9.17, 15) is 4.79 Å². The number of nitrogens with zero attached hydrogens (tertiary/aromatic N) is 3. The normalized spacial score (nSPS) is 12.6. The maximum atomic E-state index is 12.8. The van der Waals surface area contributed by atoms with Crippen LogP contribution in [0.2, 0.25) is 0 Å². The molecule has 1 N–H and O–H groups in total. The molecule has 1 aromatic carbocycles. The van der Waals surface area contributed by atoms with Crippen molar-refractivity contribution in [3.63, 3.8) is 0 Å². The zero-order chi connectivity index (χ0) is 21.4. The predicted octanol–water partition coefficient (Wildman–Crippen LogP) is 4.16. The van der Waals surface area contributed by atoms with Crippen LogP contribution in [0.15, 0.2) is 35.4 Å². The molecule has 0 bridgehead atoms. The molecule has 3 heterocycles. The van der Waals surface area contributed by atoms with Gasteiger partial charge in [0.15, 0.2) is 0 Å². The Kier molecular flexibility index (Phi) is 5.30. The van der Waals surface area contributed by atoms with Crippen LogP contribution >= 0.6 is 0 Å². The summed E-state index contributed by atoms with van der Waals surface area (Å²) in [5.41, 5.74) is 5.58. The molecule has 0 saturated carbocycles. The van der Waals surface area contributed by atoms with Crippen molar-refractivity contribution in [2.75, 3.05) is 20.8 Å². The average molecular weight is 406 g/mol. The van der Waals surface area contributed by atoms with Gasteiger partial charge in [0.1, 0.15) is 0 Å². The Hall–Kier alpha value is -3.19. The van der Waals surface area contributed by atoms with Crippen molar-refractivity contribution in [1.82, 2.24) is 19.7 Å². The molecule has 0 unspecified atom stereocenters. The maximum Gasteiger partial charge on any atom is 0.259 e. The van der Waals surface area contributed by atoms with E-state index >= 15 is 0 Å². The van der Waals surface area contributed by atoms with Crippen molar-refractivity contribution < 1.29 is 9.47 Å². The highest BCUT2D eigenvalue weighted by atomic mass is 16.5. The average Bonchev–Trinajstić information content (AvgIpc) is 3.18. The first-order valence-corrected chi connectivity index (χ1v) is 9.99. The fraction of sp³-hybridized carbons (Fsp3) is 0.348. The topological polar surface area (TPSA) is 82.0 Å². The molecule has 0 amide bonds. The first-order chi connectivity index (χ1) is 14.5. The van der Waals surface area contributed by atoms with Crippen LogP contribution in [0.5, 0.6) is 5.88 Å². The lowest BCUT2D eigenvalue weighted by atomic mass is 9.96. The van der Waals surface area contributed by atoms with Crippen molar-refractivity contribution in [1.29, 1.82) is 0 Å². The minimum absolute atomic E-state index is 0.112. The van der Waals surface area contributed by atoms with Gasteiger partial charge in [-0.25, -0.2) is 4.98 Å². The Morgan fingerprint density at radius 1 is 1.17 bits per heavy atom. The highest BCUT2D eigenvalue weighted by Gasteiger charge is 2.17. The Labute approximate surface area is 174 Å². The molecule has 7 nitrogen and oxygen atoms in total. The number of aromatic nitrogens is 4. The summed E-state index contributed by atoms with van der Waals surface area (Å²) in [6.45, 7) is 6.74. The van der Waals surface area contributed by atoms with Crippen LogP contribution in [0, 0.1) is 13.8 Å². The molecule has 0 spiro atoms. The van der Waals surface area contributed by atoms with Gasteiger partial charge in [-0.15, -0.1) is 0 Å². The van der Waals surface area contributed by atoms with E-state index in [1.807, 2.05) is 30.8 Å². The number of hydrogen-bond donors (Lipinski definition) is 1. The molecule has 156 valence electrons. The maximum absolute atomic E-state index is 12.8. The van der Waals surface area contributed by atoms with Gasteiger partial charge < -0.3 is 14.5 Å². The number of rotatable bonds is 6. The highest BCUT2D eigenvalue weighted by molar-refractivity contribution is 6.04. The van der Waals surface area contributed by atoms with E-state index in [1.54, 1.807) is 20.4 Å². The van der Waals surface area contributed by atoms with Crippen LogP contribution in [0.4, 0.5) is 0 Å². The molecule has 0 saturated heterocycles. The third-order valence-corrected chi connectivity index (χ3v) is 5.67. The Balaban J connectivity index is 1.93. The summed E-state index contributed by atoms with van der Waals surface area (Å²) in [7, 11) is 3.31. The van der Waals surface area contributed by atoms with E-state index in [2.05, 4.69) is 34.1 Å². The van der Waals surface area contributed by atoms with Crippen molar-refractivity contribution in [3.8, 4) is 17.0 Å². The van der Waals surface area contributed by atoms with Gasteiger partial charge in [-0.3, -0.25) is 9.48 Å². The summed E-state index contributed by atoms with van der Waals surface area (Å²) in [6.07, 6.45) is 4.27. The van der Waals surface area contributed by atoms with Crippen LogP contribution in [0.3, 0.4) is 0 Å². The molecule has 0 aliphatic heterocycles. The zero-order valence-corrected chi connectivity index (χ0v) is 17.9. The summed E-state index contributed by atoms with van der Waals surface area (Å²) in [5.74, 6) is 0.602. The van der Waals surface area contributed by atoms with Crippen LogP contribution < -0.4 is 10.3 Å². The number of benzene rings is 1.